The van der Waals surface area contributed by atoms with E-state index in [2.05, 4.69) is 0 Å². The SMILES string of the molecule is CN(Cc1ccc(Cl)c(Cl)c1)C(=O)[C@@H]1C[C@@H]1C(=O)O. The number of aliphatic carboxylic acids is 1. The summed E-state index contributed by atoms with van der Waals surface area (Å²) in [7, 11) is 1.65. The summed E-state index contributed by atoms with van der Waals surface area (Å²) in [6.07, 6.45) is 0.430. The Kier molecular flexibility index (Phi) is 4.02. The smallest absolute Gasteiger partial charge is 0.307 e. The molecule has 2 rings (SSSR count). The van der Waals surface area contributed by atoms with Gasteiger partial charge in [0.15, 0.2) is 0 Å². The Balaban J connectivity index is 1.97. The predicted octanol–water partition coefficient (Wildman–Crippen LogP) is 2.67. The molecule has 0 heterocycles. The van der Waals surface area contributed by atoms with Crippen LogP contribution in [0.1, 0.15) is 12.0 Å². The molecular weight excluding hydrogens is 289 g/mol. The molecule has 1 aliphatic rings. The van der Waals surface area contributed by atoms with Crippen molar-refractivity contribution in [1.29, 1.82) is 0 Å². The van der Waals surface area contributed by atoms with Crippen molar-refractivity contribution in [1.82, 2.24) is 4.90 Å². The summed E-state index contributed by atoms with van der Waals surface area (Å²) in [6.45, 7) is 0.387. The molecule has 0 radical (unpaired) electrons. The lowest BCUT2D eigenvalue weighted by Crippen LogP contribution is -2.28. The number of rotatable bonds is 4. The minimum Gasteiger partial charge on any atom is -0.481 e. The quantitative estimate of drug-likeness (QED) is 0.930. The standard InChI is InChI=1S/C13H13Cl2NO3/c1-16(12(17)8-5-9(8)13(18)19)6-7-2-3-10(14)11(15)4-7/h2-4,8-9H,5-6H2,1H3,(H,18,19)/t8-,9+/m1/s1. The first-order valence-corrected chi connectivity index (χ1v) is 6.57. The van der Waals surface area contributed by atoms with Gasteiger partial charge in [-0.2, -0.15) is 0 Å². The summed E-state index contributed by atoms with van der Waals surface area (Å²) < 4.78 is 0. The number of halogens is 2. The monoisotopic (exact) mass is 301 g/mol. The number of hydrogen-bond donors (Lipinski definition) is 1. The molecule has 0 aliphatic heterocycles. The molecule has 1 aromatic rings. The Morgan fingerprint density at radius 3 is 2.53 bits per heavy atom. The fraction of sp³-hybridized carbons (Fsp3) is 0.385. The molecule has 6 heteroatoms. The summed E-state index contributed by atoms with van der Waals surface area (Å²) in [5.74, 6) is -1.95. The van der Waals surface area contributed by atoms with Crippen LogP contribution in [0.2, 0.25) is 10.0 Å². The second kappa shape index (κ2) is 5.39. The van der Waals surface area contributed by atoms with Crippen LogP contribution in [-0.4, -0.2) is 28.9 Å². The molecule has 0 aromatic heterocycles. The number of carbonyl (C=O) groups is 2. The van der Waals surface area contributed by atoms with Crippen molar-refractivity contribution >= 4 is 35.1 Å². The zero-order valence-corrected chi connectivity index (χ0v) is 11.8. The maximum atomic E-state index is 12.0. The van der Waals surface area contributed by atoms with Gasteiger partial charge in [-0.3, -0.25) is 9.59 Å². The van der Waals surface area contributed by atoms with Crippen LogP contribution >= 0.6 is 23.2 Å². The Morgan fingerprint density at radius 1 is 1.32 bits per heavy atom. The highest BCUT2D eigenvalue weighted by atomic mass is 35.5. The third-order valence-corrected chi connectivity index (χ3v) is 3.94. The van der Waals surface area contributed by atoms with E-state index < -0.39 is 11.9 Å². The predicted molar refractivity (Wildman–Crippen MR) is 72.2 cm³/mol. The Labute approximate surface area is 120 Å². The molecule has 0 saturated heterocycles. The van der Waals surface area contributed by atoms with Crippen LogP contribution in [0.3, 0.4) is 0 Å². The van der Waals surface area contributed by atoms with Crippen LogP contribution in [0.4, 0.5) is 0 Å². The summed E-state index contributed by atoms with van der Waals surface area (Å²) in [4.78, 5) is 24.2. The lowest BCUT2D eigenvalue weighted by atomic mass is 10.2. The van der Waals surface area contributed by atoms with Gasteiger partial charge in [-0.15, -0.1) is 0 Å². The second-order valence-corrected chi connectivity index (χ2v) is 5.54. The lowest BCUT2D eigenvalue weighted by Gasteiger charge is -2.17. The van der Waals surface area contributed by atoms with Crippen LogP contribution in [0.5, 0.6) is 0 Å². The van der Waals surface area contributed by atoms with Crippen LogP contribution in [0.15, 0.2) is 18.2 Å². The van der Waals surface area contributed by atoms with Gasteiger partial charge in [-0.05, 0) is 24.1 Å². The summed E-state index contributed by atoms with van der Waals surface area (Å²) in [5.41, 5.74) is 0.859. The summed E-state index contributed by atoms with van der Waals surface area (Å²) in [5, 5.41) is 9.71. The number of carbonyl (C=O) groups excluding carboxylic acids is 1. The molecule has 0 unspecified atom stereocenters. The highest BCUT2D eigenvalue weighted by Gasteiger charge is 2.49. The average molecular weight is 302 g/mol. The molecule has 1 aliphatic carbocycles. The molecule has 1 saturated carbocycles. The van der Waals surface area contributed by atoms with E-state index in [-0.39, 0.29) is 11.8 Å². The van der Waals surface area contributed by atoms with Gasteiger partial charge >= 0.3 is 5.97 Å². The van der Waals surface area contributed by atoms with Gasteiger partial charge in [0.1, 0.15) is 0 Å². The number of carboxylic acid groups (broad SMARTS) is 1. The maximum absolute atomic E-state index is 12.0. The molecule has 2 atom stereocenters. The van der Waals surface area contributed by atoms with Crippen LogP contribution in [-0.2, 0) is 16.1 Å². The van der Waals surface area contributed by atoms with Gasteiger partial charge in [0.25, 0.3) is 0 Å². The van der Waals surface area contributed by atoms with Crippen LogP contribution in [0, 0.1) is 11.8 Å². The van der Waals surface area contributed by atoms with Crippen molar-refractivity contribution in [3.63, 3.8) is 0 Å². The van der Waals surface area contributed by atoms with Crippen molar-refractivity contribution in [2.24, 2.45) is 11.8 Å². The van der Waals surface area contributed by atoms with Crippen molar-refractivity contribution < 1.29 is 14.7 Å². The number of hydrogen-bond acceptors (Lipinski definition) is 2. The number of carboxylic acids is 1. The zero-order valence-electron chi connectivity index (χ0n) is 10.3. The zero-order chi connectivity index (χ0) is 14.2. The van der Waals surface area contributed by atoms with E-state index in [4.69, 9.17) is 28.3 Å². The van der Waals surface area contributed by atoms with E-state index in [1.54, 1.807) is 25.2 Å². The van der Waals surface area contributed by atoms with Crippen LogP contribution < -0.4 is 0 Å². The normalized spacial score (nSPS) is 21.0. The molecule has 1 fully saturated rings. The Morgan fingerprint density at radius 2 is 2.00 bits per heavy atom. The molecule has 4 nitrogen and oxygen atoms in total. The summed E-state index contributed by atoms with van der Waals surface area (Å²) in [6, 6.07) is 5.17. The van der Waals surface area contributed by atoms with Gasteiger partial charge in [0, 0.05) is 13.6 Å². The molecule has 0 bridgehead atoms. The first-order chi connectivity index (χ1) is 8.90. The van der Waals surface area contributed by atoms with Crippen molar-refractivity contribution in [2.75, 3.05) is 7.05 Å². The van der Waals surface area contributed by atoms with Crippen molar-refractivity contribution in [3.05, 3.63) is 33.8 Å². The first-order valence-electron chi connectivity index (χ1n) is 5.82. The van der Waals surface area contributed by atoms with E-state index in [1.807, 2.05) is 0 Å². The molecule has 1 N–H and O–H groups in total. The third-order valence-electron chi connectivity index (χ3n) is 3.20. The average Bonchev–Trinajstić information content (AvgIpc) is 3.13. The van der Waals surface area contributed by atoms with E-state index >= 15 is 0 Å². The number of amides is 1. The van der Waals surface area contributed by atoms with E-state index in [0.29, 0.717) is 23.0 Å². The maximum Gasteiger partial charge on any atom is 0.307 e. The minimum atomic E-state index is -0.902. The third kappa shape index (κ3) is 3.19. The molecular formula is C13H13Cl2NO3. The topological polar surface area (TPSA) is 57.6 Å². The van der Waals surface area contributed by atoms with Crippen molar-refractivity contribution in [3.8, 4) is 0 Å². The minimum absolute atomic E-state index is 0.140. The number of nitrogens with zero attached hydrogens (tertiary/aromatic N) is 1. The highest BCUT2D eigenvalue weighted by Crippen LogP contribution is 2.40. The molecule has 102 valence electrons. The Hall–Kier alpha value is -1.26. The molecule has 1 aromatic carbocycles. The number of benzene rings is 1. The fourth-order valence-electron chi connectivity index (χ4n) is 2.01. The molecule has 1 amide bonds. The Bertz CT molecular complexity index is 533. The molecule has 0 spiro atoms. The first kappa shape index (κ1) is 14.2. The fourth-order valence-corrected chi connectivity index (χ4v) is 2.33. The summed E-state index contributed by atoms with van der Waals surface area (Å²) >= 11 is 11.7. The van der Waals surface area contributed by atoms with Gasteiger partial charge in [0.2, 0.25) is 5.91 Å². The van der Waals surface area contributed by atoms with E-state index in [1.165, 1.54) is 4.90 Å². The molecule has 19 heavy (non-hydrogen) atoms. The van der Waals surface area contributed by atoms with Gasteiger partial charge in [0.05, 0.1) is 21.9 Å². The van der Waals surface area contributed by atoms with Crippen LogP contribution in [0.25, 0.3) is 0 Å². The largest absolute Gasteiger partial charge is 0.481 e. The van der Waals surface area contributed by atoms with E-state index in [0.717, 1.165) is 5.56 Å². The van der Waals surface area contributed by atoms with E-state index in [9.17, 15) is 9.59 Å². The van der Waals surface area contributed by atoms with Gasteiger partial charge < -0.3 is 10.0 Å². The highest BCUT2D eigenvalue weighted by molar-refractivity contribution is 6.42. The second-order valence-electron chi connectivity index (χ2n) is 4.73. The lowest BCUT2D eigenvalue weighted by molar-refractivity contribution is -0.141. The van der Waals surface area contributed by atoms with Gasteiger partial charge in [-0.25, -0.2) is 0 Å². The van der Waals surface area contributed by atoms with Crippen molar-refractivity contribution in [2.45, 2.75) is 13.0 Å². The van der Waals surface area contributed by atoms with Gasteiger partial charge in [-0.1, -0.05) is 29.3 Å².